The van der Waals surface area contributed by atoms with Crippen LogP contribution in [-0.4, -0.2) is 26.6 Å². The fourth-order valence-corrected chi connectivity index (χ4v) is 4.66. The molecule has 0 bridgehead atoms. The zero-order valence-electron chi connectivity index (χ0n) is 16.0. The zero-order valence-corrected chi connectivity index (χ0v) is 18.4. The molecule has 0 saturated carbocycles. The van der Waals surface area contributed by atoms with Crippen molar-refractivity contribution in [1.29, 1.82) is 0 Å². The van der Waals surface area contributed by atoms with Crippen molar-refractivity contribution in [1.82, 2.24) is 5.32 Å². The smallest absolute Gasteiger partial charge is 0.261 e. The summed E-state index contributed by atoms with van der Waals surface area (Å²) in [5.41, 5.74) is 1.91. The highest BCUT2D eigenvalue weighted by molar-refractivity contribution is 7.98. The maximum atomic E-state index is 12.4. The average molecular weight is 461 g/mol. The molecule has 30 heavy (non-hydrogen) atoms. The van der Waals surface area contributed by atoms with Gasteiger partial charge in [0.25, 0.3) is 15.9 Å². The van der Waals surface area contributed by atoms with E-state index in [1.807, 2.05) is 24.3 Å². The fraction of sp³-hybridized carbons (Fsp3) is 0.136. The second-order valence-electron chi connectivity index (χ2n) is 6.43. The van der Waals surface area contributed by atoms with Gasteiger partial charge in [-0.15, -0.1) is 0 Å². The highest BCUT2D eigenvalue weighted by atomic mass is 35.5. The first-order valence-corrected chi connectivity index (χ1v) is 12.2. The maximum absolute atomic E-state index is 12.4. The lowest BCUT2D eigenvalue weighted by atomic mass is 10.2. The van der Waals surface area contributed by atoms with Gasteiger partial charge in [-0.2, -0.15) is 11.8 Å². The van der Waals surface area contributed by atoms with Gasteiger partial charge in [-0.25, -0.2) is 8.42 Å². The number of amides is 1. The Labute approximate surface area is 185 Å². The third-order valence-electron chi connectivity index (χ3n) is 4.14. The highest BCUT2D eigenvalue weighted by Crippen LogP contribution is 2.18. The number of hydrogen-bond acceptors (Lipinski definition) is 4. The Hall–Kier alpha value is -2.48. The van der Waals surface area contributed by atoms with Crippen molar-refractivity contribution in [3.63, 3.8) is 0 Å². The SMILES string of the molecule is O=C(NCCSCc1ccc(Cl)cc1)c1cccc(NS(=O)(=O)c2ccccc2)c1. The van der Waals surface area contributed by atoms with E-state index >= 15 is 0 Å². The van der Waals surface area contributed by atoms with Crippen molar-refractivity contribution < 1.29 is 13.2 Å². The standard InChI is InChI=1S/C22H21ClN2O3S2/c23-19-11-9-17(10-12-19)16-29-14-13-24-22(26)18-5-4-6-20(15-18)25-30(27,28)21-7-2-1-3-8-21/h1-12,15,25H,13-14,16H2,(H,24,26). The lowest BCUT2D eigenvalue weighted by molar-refractivity contribution is 0.0956. The summed E-state index contributed by atoms with van der Waals surface area (Å²) in [5.74, 6) is 1.35. The van der Waals surface area contributed by atoms with Crippen LogP contribution in [0.15, 0.2) is 83.8 Å². The number of halogens is 1. The van der Waals surface area contributed by atoms with Crippen LogP contribution in [0.2, 0.25) is 5.02 Å². The van der Waals surface area contributed by atoms with Gasteiger partial charge < -0.3 is 5.32 Å². The predicted molar refractivity (Wildman–Crippen MR) is 124 cm³/mol. The molecule has 0 heterocycles. The summed E-state index contributed by atoms with van der Waals surface area (Å²) in [7, 11) is -3.70. The van der Waals surface area contributed by atoms with Gasteiger partial charge >= 0.3 is 0 Å². The Morgan fingerprint density at radius 2 is 1.67 bits per heavy atom. The van der Waals surface area contributed by atoms with Gasteiger partial charge in [-0.1, -0.05) is 48.0 Å². The van der Waals surface area contributed by atoms with E-state index in [1.165, 1.54) is 23.8 Å². The number of sulfonamides is 1. The molecular weight excluding hydrogens is 440 g/mol. The number of carbonyl (C=O) groups excluding carboxylic acids is 1. The molecule has 0 fully saturated rings. The van der Waals surface area contributed by atoms with Gasteiger partial charge in [0, 0.05) is 34.3 Å². The van der Waals surface area contributed by atoms with E-state index in [1.54, 1.807) is 48.2 Å². The van der Waals surface area contributed by atoms with Crippen molar-refractivity contribution >= 4 is 45.0 Å². The largest absolute Gasteiger partial charge is 0.351 e. The molecule has 2 N–H and O–H groups in total. The topological polar surface area (TPSA) is 75.3 Å². The molecule has 3 rings (SSSR count). The van der Waals surface area contributed by atoms with Crippen LogP contribution in [0.25, 0.3) is 0 Å². The average Bonchev–Trinajstić information content (AvgIpc) is 2.75. The molecule has 0 aliphatic heterocycles. The first kappa shape index (κ1) is 22.2. The third kappa shape index (κ3) is 6.52. The highest BCUT2D eigenvalue weighted by Gasteiger charge is 2.14. The van der Waals surface area contributed by atoms with Crippen LogP contribution in [0, 0.1) is 0 Å². The quantitative estimate of drug-likeness (QED) is 0.449. The number of anilines is 1. The number of benzene rings is 3. The van der Waals surface area contributed by atoms with Gasteiger partial charge in [0.15, 0.2) is 0 Å². The summed E-state index contributed by atoms with van der Waals surface area (Å²) < 4.78 is 27.4. The van der Waals surface area contributed by atoms with Gasteiger partial charge in [-0.3, -0.25) is 9.52 Å². The normalized spacial score (nSPS) is 11.1. The Balaban J connectivity index is 1.50. The van der Waals surface area contributed by atoms with E-state index in [4.69, 9.17) is 11.6 Å². The van der Waals surface area contributed by atoms with E-state index in [0.29, 0.717) is 22.8 Å². The summed E-state index contributed by atoms with van der Waals surface area (Å²) in [5, 5.41) is 3.57. The van der Waals surface area contributed by atoms with Crippen LogP contribution < -0.4 is 10.0 Å². The monoisotopic (exact) mass is 460 g/mol. The molecule has 0 aliphatic rings. The van der Waals surface area contributed by atoms with Crippen molar-refractivity contribution in [2.24, 2.45) is 0 Å². The number of carbonyl (C=O) groups is 1. The predicted octanol–water partition coefficient (Wildman–Crippen LogP) is 4.80. The van der Waals surface area contributed by atoms with Crippen LogP contribution in [0.3, 0.4) is 0 Å². The first-order chi connectivity index (χ1) is 14.4. The third-order valence-corrected chi connectivity index (χ3v) is 6.82. The molecule has 3 aromatic carbocycles. The summed E-state index contributed by atoms with van der Waals surface area (Å²) in [4.78, 5) is 12.6. The number of rotatable bonds is 9. The van der Waals surface area contributed by atoms with Crippen molar-refractivity contribution in [2.75, 3.05) is 17.0 Å². The molecule has 0 aromatic heterocycles. The van der Waals surface area contributed by atoms with Gasteiger partial charge in [0.05, 0.1) is 4.90 Å². The molecule has 0 saturated heterocycles. The summed E-state index contributed by atoms with van der Waals surface area (Å²) in [6.45, 7) is 0.511. The van der Waals surface area contributed by atoms with E-state index in [2.05, 4.69) is 10.0 Å². The second-order valence-corrected chi connectivity index (χ2v) is 9.66. The van der Waals surface area contributed by atoms with Crippen LogP contribution in [0.5, 0.6) is 0 Å². The van der Waals surface area contributed by atoms with Gasteiger partial charge in [-0.05, 0) is 48.0 Å². The summed E-state index contributed by atoms with van der Waals surface area (Å²) in [6, 6.07) is 22.2. The minimum atomic E-state index is -3.70. The minimum absolute atomic E-state index is 0.164. The number of hydrogen-bond donors (Lipinski definition) is 2. The second kappa shape index (κ2) is 10.5. The molecule has 5 nitrogen and oxygen atoms in total. The molecule has 0 aliphatic carbocycles. The Morgan fingerprint density at radius 3 is 2.40 bits per heavy atom. The van der Waals surface area contributed by atoms with E-state index in [9.17, 15) is 13.2 Å². The zero-order chi connectivity index (χ0) is 21.4. The Morgan fingerprint density at radius 1 is 0.933 bits per heavy atom. The Bertz CT molecular complexity index is 1090. The van der Waals surface area contributed by atoms with Crippen molar-refractivity contribution in [2.45, 2.75) is 10.6 Å². The lowest BCUT2D eigenvalue weighted by Crippen LogP contribution is -2.26. The van der Waals surface area contributed by atoms with Gasteiger partial charge in [0.2, 0.25) is 0 Å². The first-order valence-electron chi connectivity index (χ1n) is 9.22. The maximum Gasteiger partial charge on any atom is 0.261 e. The van der Waals surface area contributed by atoms with E-state index in [0.717, 1.165) is 11.5 Å². The molecule has 156 valence electrons. The molecule has 0 radical (unpaired) electrons. The summed E-state index contributed by atoms with van der Waals surface area (Å²) >= 11 is 7.58. The van der Waals surface area contributed by atoms with Crippen molar-refractivity contribution in [3.05, 3.63) is 95.0 Å². The van der Waals surface area contributed by atoms with Crippen LogP contribution in [0.1, 0.15) is 15.9 Å². The fourth-order valence-electron chi connectivity index (χ4n) is 2.65. The molecular formula is C22H21ClN2O3S2. The van der Waals surface area contributed by atoms with Gasteiger partial charge in [0.1, 0.15) is 0 Å². The summed E-state index contributed by atoms with van der Waals surface area (Å²) in [6.07, 6.45) is 0. The molecule has 0 spiro atoms. The molecule has 0 atom stereocenters. The number of nitrogens with one attached hydrogen (secondary N) is 2. The van der Waals surface area contributed by atoms with E-state index < -0.39 is 10.0 Å². The van der Waals surface area contributed by atoms with Crippen molar-refractivity contribution in [3.8, 4) is 0 Å². The molecule has 8 heteroatoms. The Kier molecular flexibility index (Phi) is 7.79. The van der Waals surface area contributed by atoms with Crippen LogP contribution in [-0.2, 0) is 15.8 Å². The molecule has 1 amide bonds. The van der Waals surface area contributed by atoms with Crippen LogP contribution in [0.4, 0.5) is 5.69 Å². The van der Waals surface area contributed by atoms with E-state index in [-0.39, 0.29) is 10.8 Å². The lowest BCUT2D eigenvalue weighted by Gasteiger charge is -2.10. The van der Waals surface area contributed by atoms with Crippen LogP contribution >= 0.6 is 23.4 Å². The molecule has 3 aromatic rings. The minimum Gasteiger partial charge on any atom is -0.351 e. The molecule has 0 unspecified atom stereocenters. The number of thioether (sulfide) groups is 1.